The van der Waals surface area contributed by atoms with E-state index in [4.69, 9.17) is 10.00 Å². The van der Waals surface area contributed by atoms with Crippen LogP contribution in [0.25, 0.3) is 0 Å². The molecule has 0 bridgehead atoms. The Morgan fingerprint density at radius 3 is 2.69 bits per heavy atom. The van der Waals surface area contributed by atoms with Crippen molar-refractivity contribution in [3.8, 4) is 6.07 Å². The van der Waals surface area contributed by atoms with Crippen molar-refractivity contribution in [2.45, 2.75) is 58.3 Å². The Kier molecular flexibility index (Phi) is 4.75. The van der Waals surface area contributed by atoms with Gasteiger partial charge in [-0.2, -0.15) is 5.26 Å². The normalized spacial score (nSPS) is 24.4. The highest BCUT2D eigenvalue weighted by Crippen LogP contribution is 2.21. The lowest BCUT2D eigenvalue weighted by Gasteiger charge is -2.28. The SMILES string of the molecule is CC1CCC(C(=O)N(CCC#N)C(C)C)O1. The first-order valence-electron chi connectivity index (χ1n) is 5.89. The summed E-state index contributed by atoms with van der Waals surface area (Å²) in [5.74, 6) is 0.0367. The number of hydrogen-bond acceptors (Lipinski definition) is 3. The first-order chi connectivity index (χ1) is 7.56. The van der Waals surface area contributed by atoms with Gasteiger partial charge in [0.05, 0.1) is 18.6 Å². The number of hydrogen-bond donors (Lipinski definition) is 0. The molecule has 2 unspecified atom stereocenters. The van der Waals surface area contributed by atoms with Crippen LogP contribution in [-0.2, 0) is 9.53 Å². The molecule has 0 N–H and O–H groups in total. The molecule has 0 spiro atoms. The molecule has 0 aliphatic carbocycles. The number of ether oxygens (including phenoxy) is 1. The third-order valence-electron chi connectivity index (χ3n) is 2.88. The minimum absolute atomic E-state index is 0.0367. The van der Waals surface area contributed by atoms with Crippen molar-refractivity contribution in [3.05, 3.63) is 0 Å². The molecule has 4 nitrogen and oxygen atoms in total. The third kappa shape index (κ3) is 3.21. The van der Waals surface area contributed by atoms with E-state index in [1.54, 1.807) is 4.90 Å². The van der Waals surface area contributed by atoms with Gasteiger partial charge in [-0.15, -0.1) is 0 Å². The molecule has 4 heteroatoms. The van der Waals surface area contributed by atoms with Gasteiger partial charge in [-0.05, 0) is 33.6 Å². The Hall–Kier alpha value is -1.08. The minimum atomic E-state index is -0.295. The van der Waals surface area contributed by atoms with Gasteiger partial charge < -0.3 is 9.64 Å². The van der Waals surface area contributed by atoms with Crippen LogP contribution < -0.4 is 0 Å². The largest absolute Gasteiger partial charge is 0.365 e. The summed E-state index contributed by atoms with van der Waals surface area (Å²) >= 11 is 0. The lowest BCUT2D eigenvalue weighted by atomic mass is 10.1. The molecule has 1 amide bonds. The van der Waals surface area contributed by atoms with Crippen molar-refractivity contribution in [2.24, 2.45) is 0 Å². The lowest BCUT2D eigenvalue weighted by Crippen LogP contribution is -2.43. The summed E-state index contributed by atoms with van der Waals surface area (Å²) in [7, 11) is 0. The summed E-state index contributed by atoms with van der Waals surface area (Å²) in [5, 5.41) is 8.57. The number of amides is 1. The molecule has 1 fully saturated rings. The summed E-state index contributed by atoms with van der Waals surface area (Å²) in [6.07, 6.45) is 2.01. The Morgan fingerprint density at radius 1 is 1.56 bits per heavy atom. The molecule has 0 aromatic carbocycles. The van der Waals surface area contributed by atoms with Gasteiger partial charge in [0.2, 0.25) is 0 Å². The second-order valence-corrected chi connectivity index (χ2v) is 4.55. The highest BCUT2D eigenvalue weighted by Gasteiger charge is 2.32. The molecule has 1 aliphatic rings. The van der Waals surface area contributed by atoms with Gasteiger partial charge in [-0.25, -0.2) is 0 Å². The summed E-state index contributed by atoms with van der Waals surface area (Å²) < 4.78 is 5.56. The molecule has 16 heavy (non-hydrogen) atoms. The maximum Gasteiger partial charge on any atom is 0.251 e. The van der Waals surface area contributed by atoms with E-state index in [-0.39, 0.29) is 24.2 Å². The molecular weight excluding hydrogens is 204 g/mol. The van der Waals surface area contributed by atoms with Crippen molar-refractivity contribution < 1.29 is 9.53 Å². The number of carbonyl (C=O) groups is 1. The molecule has 1 heterocycles. The zero-order valence-electron chi connectivity index (χ0n) is 10.3. The average Bonchev–Trinajstić information content (AvgIpc) is 2.64. The van der Waals surface area contributed by atoms with Crippen LogP contribution >= 0.6 is 0 Å². The fourth-order valence-electron chi connectivity index (χ4n) is 1.96. The van der Waals surface area contributed by atoms with Crippen molar-refractivity contribution >= 4 is 5.91 Å². The van der Waals surface area contributed by atoms with Gasteiger partial charge in [0, 0.05) is 12.6 Å². The number of nitrogens with zero attached hydrogens (tertiary/aromatic N) is 2. The monoisotopic (exact) mass is 224 g/mol. The maximum atomic E-state index is 12.1. The molecule has 1 aliphatic heterocycles. The van der Waals surface area contributed by atoms with Crippen molar-refractivity contribution in [1.29, 1.82) is 5.26 Å². The van der Waals surface area contributed by atoms with Crippen LogP contribution in [0.2, 0.25) is 0 Å². The second kappa shape index (κ2) is 5.86. The fourth-order valence-corrected chi connectivity index (χ4v) is 1.96. The van der Waals surface area contributed by atoms with E-state index in [9.17, 15) is 4.79 Å². The summed E-state index contributed by atoms with van der Waals surface area (Å²) in [4.78, 5) is 13.9. The molecule has 2 atom stereocenters. The van der Waals surface area contributed by atoms with Crippen LogP contribution in [-0.4, -0.2) is 35.6 Å². The molecule has 0 saturated carbocycles. The topological polar surface area (TPSA) is 53.3 Å². The van der Waals surface area contributed by atoms with Crippen molar-refractivity contribution in [2.75, 3.05) is 6.54 Å². The number of carbonyl (C=O) groups excluding carboxylic acids is 1. The molecule has 0 aromatic rings. The van der Waals surface area contributed by atoms with Gasteiger partial charge in [0.25, 0.3) is 5.91 Å². The Balaban J connectivity index is 2.57. The summed E-state index contributed by atoms with van der Waals surface area (Å²) in [6, 6.07) is 2.20. The second-order valence-electron chi connectivity index (χ2n) is 4.55. The first kappa shape index (κ1) is 13.0. The van der Waals surface area contributed by atoms with Crippen molar-refractivity contribution in [3.63, 3.8) is 0 Å². The third-order valence-corrected chi connectivity index (χ3v) is 2.88. The maximum absolute atomic E-state index is 12.1. The van der Waals surface area contributed by atoms with Crippen LogP contribution in [0.3, 0.4) is 0 Å². The van der Waals surface area contributed by atoms with Gasteiger partial charge >= 0.3 is 0 Å². The minimum Gasteiger partial charge on any atom is -0.365 e. The number of rotatable bonds is 4. The quantitative estimate of drug-likeness (QED) is 0.730. The predicted octanol–water partition coefficient (Wildman–Crippen LogP) is 1.70. The van der Waals surface area contributed by atoms with Gasteiger partial charge in [-0.1, -0.05) is 0 Å². The number of nitriles is 1. The Morgan fingerprint density at radius 2 is 2.25 bits per heavy atom. The van der Waals surface area contributed by atoms with Crippen LogP contribution in [0, 0.1) is 11.3 Å². The summed E-state index contributed by atoms with van der Waals surface area (Å²) in [6.45, 7) is 6.42. The summed E-state index contributed by atoms with van der Waals surface area (Å²) in [5.41, 5.74) is 0. The lowest BCUT2D eigenvalue weighted by molar-refractivity contribution is -0.144. The van der Waals surface area contributed by atoms with Gasteiger partial charge in [0.1, 0.15) is 6.10 Å². The molecule has 1 saturated heterocycles. The highest BCUT2D eigenvalue weighted by molar-refractivity contribution is 5.81. The van der Waals surface area contributed by atoms with E-state index in [1.807, 2.05) is 20.8 Å². The molecular formula is C12H20N2O2. The van der Waals surface area contributed by atoms with E-state index in [1.165, 1.54) is 0 Å². The van der Waals surface area contributed by atoms with Gasteiger partial charge in [-0.3, -0.25) is 4.79 Å². The highest BCUT2D eigenvalue weighted by atomic mass is 16.5. The molecule has 0 radical (unpaired) electrons. The van der Waals surface area contributed by atoms with Crippen molar-refractivity contribution in [1.82, 2.24) is 4.90 Å². The van der Waals surface area contributed by atoms with E-state index in [0.29, 0.717) is 13.0 Å². The van der Waals surface area contributed by atoms with E-state index in [0.717, 1.165) is 12.8 Å². The first-order valence-corrected chi connectivity index (χ1v) is 5.89. The van der Waals surface area contributed by atoms with Crippen LogP contribution in [0.4, 0.5) is 0 Å². The molecule has 0 aromatic heterocycles. The zero-order valence-corrected chi connectivity index (χ0v) is 10.3. The van der Waals surface area contributed by atoms with Crippen LogP contribution in [0.15, 0.2) is 0 Å². The molecule has 1 rings (SSSR count). The Labute approximate surface area is 97.2 Å². The molecule has 90 valence electrons. The van der Waals surface area contributed by atoms with Crippen LogP contribution in [0.5, 0.6) is 0 Å². The Bertz CT molecular complexity index is 283. The smallest absolute Gasteiger partial charge is 0.251 e. The van der Waals surface area contributed by atoms with E-state index in [2.05, 4.69) is 6.07 Å². The average molecular weight is 224 g/mol. The van der Waals surface area contributed by atoms with Crippen LogP contribution in [0.1, 0.15) is 40.0 Å². The van der Waals surface area contributed by atoms with Gasteiger partial charge in [0.15, 0.2) is 0 Å². The van der Waals surface area contributed by atoms with E-state index < -0.39 is 0 Å². The predicted molar refractivity (Wildman–Crippen MR) is 60.6 cm³/mol. The van der Waals surface area contributed by atoms with E-state index >= 15 is 0 Å². The zero-order chi connectivity index (χ0) is 12.1. The fraction of sp³-hybridized carbons (Fsp3) is 0.833. The standard InChI is InChI=1S/C12H20N2O2/c1-9(2)14(8-4-7-13)12(15)11-6-5-10(3)16-11/h9-11H,4-6,8H2,1-3H3.